The second kappa shape index (κ2) is 11.7. The number of esters is 1. The molecule has 2 atom stereocenters. The summed E-state index contributed by atoms with van der Waals surface area (Å²) in [4.78, 5) is 21.3. The lowest BCUT2D eigenvalue weighted by atomic mass is 10.0. The summed E-state index contributed by atoms with van der Waals surface area (Å²) in [6, 6.07) is 0. The number of amides is 1. The Morgan fingerprint density at radius 3 is 2.50 bits per heavy atom. The van der Waals surface area contributed by atoms with Crippen LogP contribution in [0.3, 0.4) is 0 Å². The molecule has 1 aliphatic heterocycles. The van der Waals surface area contributed by atoms with E-state index in [-0.39, 0.29) is 23.7 Å². The van der Waals surface area contributed by atoms with Gasteiger partial charge in [0.15, 0.2) is 0 Å². The number of methoxy groups -OCH3 is 1. The SMILES string of the molecule is CCCCCCC(C)C(N)=O.COC(=O)C1CCOC1. The average molecular weight is 287 g/mol. The first-order chi connectivity index (χ1) is 9.52. The number of hydrogen-bond acceptors (Lipinski definition) is 4. The van der Waals surface area contributed by atoms with E-state index in [1.54, 1.807) is 0 Å². The highest BCUT2D eigenvalue weighted by molar-refractivity contribution is 5.76. The van der Waals surface area contributed by atoms with Gasteiger partial charge in [0.05, 0.1) is 19.6 Å². The van der Waals surface area contributed by atoms with E-state index in [0.29, 0.717) is 13.2 Å². The van der Waals surface area contributed by atoms with Crippen molar-refractivity contribution >= 4 is 11.9 Å². The van der Waals surface area contributed by atoms with Crippen LogP contribution in [-0.2, 0) is 19.1 Å². The zero-order valence-electron chi connectivity index (χ0n) is 13.0. The number of ether oxygens (including phenoxy) is 2. The molecule has 5 nitrogen and oxygen atoms in total. The van der Waals surface area contributed by atoms with E-state index in [1.165, 1.54) is 26.4 Å². The minimum Gasteiger partial charge on any atom is -0.469 e. The molecular weight excluding hydrogens is 258 g/mol. The molecule has 20 heavy (non-hydrogen) atoms. The number of carbonyl (C=O) groups is 2. The van der Waals surface area contributed by atoms with E-state index >= 15 is 0 Å². The summed E-state index contributed by atoms with van der Waals surface area (Å²) < 4.78 is 9.49. The molecular formula is C15H29NO4. The Hall–Kier alpha value is -1.10. The number of rotatable bonds is 7. The van der Waals surface area contributed by atoms with Gasteiger partial charge in [-0.1, -0.05) is 39.5 Å². The van der Waals surface area contributed by atoms with Crippen LogP contribution in [0.4, 0.5) is 0 Å². The van der Waals surface area contributed by atoms with Gasteiger partial charge in [0, 0.05) is 12.5 Å². The van der Waals surface area contributed by atoms with Crippen molar-refractivity contribution < 1.29 is 19.1 Å². The molecule has 0 aromatic carbocycles. The first-order valence-corrected chi connectivity index (χ1v) is 7.47. The van der Waals surface area contributed by atoms with Gasteiger partial charge in [-0.05, 0) is 12.8 Å². The molecule has 0 aromatic heterocycles. The smallest absolute Gasteiger partial charge is 0.311 e. The summed E-state index contributed by atoms with van der Waals surface area (Å²) in [5, 5.41) is 0. The van der Waals surface area contributed by atoms with Crippen LogP contribution in [0.25, 0.3) is 0 Å². The van der Waals surface area contributed by atoms with Gasteiger partial charge >= 0.3 is 5.97 Å². The minimum absolute atomic E-state index is 0.00463. The Morgan fingerprint density at radius 2 is 2.05 bits per heavy atom. The van der Waals surface area contributed by atoms with Crippen LogP contribution in [0.1, 0.15) is 52.4 Å². The Morgan fingerprint density at radius 1 is 1.35 bits per heavy atom. The molecule has 1 amide bonds. The zero-order chi connectivity index (χ0) is 15.4. The van der Waals surface area contributed by atoms with Crippen LogP contribution in [0.15, 0.2) is 0 Å². The van der Waals surface area contributed by atoms with E-state index in [2.05, 4.69) is 11.7 Å². The summed E-state index contributed by atoms with van der Waals surface area (Å²) in [6.45, 7) is 5.30. The van der Waals surface area contributed by atoms with Crippen molar-refractivity contribution in [3.05, 3.63) is 0 Å². The highest BCUT2D eigenvalue weighted by atomic mass is 16.5. The Balaban J connectivity index is 0.000000367. The van der Waals surface area contributed by atoms with Gasteiger partial charge in [0.2, 0.25) is 5.91 Å². The number of nitrogens with two attached hydrogens (primary N) is 1. The van der Waals surface area contributed by atoms with E-state index in [0.717, 1.165) is 19.3 Å². The quantitative estimate of drug-likeness (QED) is 0.575. The highest BCUT2D eigenvalue weighted by Gasteiger charge is 2.23. The summed E-state index contributed by atoms with van der Waals surface area (Å²) >= 11 is 0. The standard InChI is InChI=1S/C9H19NO.C6H10O3/c1-3-4-5-6-7-8(2)9(10)11;1-8-6(7)5-2-3-9-4-5/h8H,3-7H2,1-2H3,(H2,10,11);5H,2-4H2,1H3. The molecule has 1 rings (SSSR count). The molecule has 5 heteroatoms. The van der Waals surface area contributed by atoms with E-state index < -0.39 is 0 Å². The zero-order valence-corrected chi connectivity index (χ0v) is 13.0. The molecule has 1 heterocycles. The molecule has 0 aliphatic carbocycles. The molecule has 2 N–H and O–H groups in total. The van der Waals surface area contributed by atoms with Gasteiger partial charge in [-0.15, -0.1) is 0 Å². The molecule has 0 spiro atoms. The molecule has 1 saturated heterocycles. The van der Waals surface area contributed by atoms with Crippen molar-refractivity contribution in [2.24, 2.45) is 17.6 Å². The summed E-state index contributed by atoms with van der Waals surface area (Å²) in [6.07, 6.45) is 6.64. The predicted molar refractivity (Wildman–Crippen MR) is 78.1 cm³/mol. The van der Waals surface area contributed by atoms with Crippen LogP contribution in [-0.4, -0.2) is 32.2 Å². The van der Waals surface area contributed by atoms with Gasteiger partial charge in [-0.2, -0.15) is 0 Å². The van der Waals surface area contributed by atoms with Gasteiger partial charge in [-0.25, -0.2) is 0 Å². The van der Waals surface area contributed by atoms with Gasteiger partial charge in [0.25, 0.3) is 0 Å². The molecule has 1 fully saturated rings. The Bertz CT molecular complexity index is 275. The minimum atomic E-state index is -0.165. The predicted octanol–water partition coefficient (Wildman–Crippen LogP) is 2.27. The number of hydrogen-bond donors (Lipinski definition) is 1. The first kappa shape index (κ1) is 18.9. The van der Waals surface area contributed by atoms with Crippen LogP contribution in [0.5, 0.6) is 0 Å². The van der Waals surface area contributed by atoms with E-state index in [9.17, 15) is 9.59 Å². The highest BCUT2D eigenvalue weighted by Crippen LogP contribution is 2.12. The van der Waals surface area contributed by atoms with Crippen molar-refractivity contribution in [1.29, 1.82) is 0 Å². The summed E-state index contributed by atoms with van der Waals surface area (Å²) in [5.41, 5.74) is 5.11. The maximum Gasteiger partial charge on any atom is 0.311 e. The van der Waals surface area contributed by atoms with Gasteiger partial charge in [-0.3, -0.25) is 9.59 Å². The van der Waals surface area contributed by atoms with Crippen molar-refractivity contribution in [2.45, 2.75) is 52.4 Å². The monoisotopic (exact) mass is 287 g/mol. The van der Waals surface area contributed by atoms with Crippen molar-refractivity contribution in [2.75, 3.05) is 20.3 Å². The number of unbranched alkanes of at least 4 members (excludes halogenated alkanes) is 3. The number of carbonyl (C=O) groups excluding carboxylic acids is 2. The van der Waals surface area contributed by atoms with Crippen LogP contribution >= 0.6 is 0 Å². The third-order valence-electron chi connectivity index (χ3n) is 3.44. The normalized spacial score (nSPS) is 18.9. The Kier molecular flexibility index (Phi) is 11.1. The topological polar surface area (TPSA) is 78.6 Å². The van der Waals surface area contributed by atoms with Gasteiger partial charge in [0.1, 0.15) is 0 Å². The fourth-order valence-corrected chi connectivity index (χ4v) is 1.91. The third kappa shape index (κ3) is 8.91. The fraction of sp³-hybridized carbons (Fsp3) is 0.867. The summed E-state index contributed by atoms with van der Waals surface area (Å²) in [7, 11) is 1.40. The summed E-state index contributed by atoms with van der Waals surface area (Å²) in [5.74, 6) is -0.254. The average Bonchev–Trinajstić information content (AvgIpc) is 2.97. The molecule has 0 saturated carbocycles. The van der Waals surface area contributed by atoms with Crippen LogP contribution in [0.2, 0.25) is 0 Å². The van der Waals surface area contributed by atoms with Crippen LogP contribution < -0.4 is 5.73 Å². The molecule has 1 aliphatic rings. The third-order valence-corrected chi connectivity index (χ3v) is 3.44. The molecule has 118 valence electrons. The molecule has 2 unspecified atom stereocenters. The first-order valence-electron chi connectivity index (χ1n) is 7.47. The van der Waals surface area contributed by atoms with Crippen molar-refractivity contribution in [3.8, 4) is 0 Å². The Labute approximate surface area is 122 Å². The van der Waals surface area contributed by atoms with Crippen LogP contribution in [0, 0.1) is 11.8 Å². The van der Waals surface area contributed by atoms with E-state index in [1.807, 2.05) is 6.92 Å². The second-order valence-electron chi connectivity index (χ2n) is 5.24. The lowest BCUT2D eigenvalue weighted by Gasteiger charge is -2.05. The second-order valence-corrected chi connectivity index (χ2v) is 5.24. The van der Waals surface area contributed by atoms with Crippen molar-refractivity contribution in [3.63, 3.8) is 0 Å². The lowest BCUT2D eigenvalue weighted by Crippen LogP contribution is -2.20. The van der Waals surface area contributed by atoms with Crippen molar-refractivity contribution in [1.82, 2.24) is 0 Å². The molecule has 0 radical (unpaired) electrons. The lowest BCUT2D eigenvalue weighted by molar-refractivity contribution is -0.145. The largest absolute Gasteiger partial charge is 0.469 e. The maximum atomic E-state index is 10.7. The number of primary amides is 1. The van der Waals surface area contributed by atoms with Gasteiger partial charge < -0.3 is 15.2 Å². The fourth-order valence-electron chi connectivity index (χ4n) is 1.91. The molecule has 0 aromatic rings. The van der Waals surface area contributed by atoms with E-state index in [4.69, 9.17) is 10.5 Å². The molecule has 0 bridgehead atoms. The maximum absolute atomic E-state index is 10.7.